The first-order valence-corrected chi connectivity index (χ1v) is 20.0. The molecule has 55 heavy (non-hydrogen) atoms. The van der Waals surface area contributed by atoms with Crippen LogP contribution in [0.25, 0.3) is 43.8 Å². The first kappa shape index (κ1) is 45.3. The molecular formula is C52H62Cl2Zr. The molecule has 2 aliphatic carbocycles. The van der Waals surface area contributed by atoms with Gasteiger partial charge in [-0.1, -0.05) is 143 Å². The van der Waals surface area contributed by atoms with E-state index >= 15 is 0 Å². The third-order valence-electron chi connectivity index (χ3n) is 11.6. The SMILES string of the molecule is CC(C)(C)c1cc(-c2cccc3[cH-]c(C4CC4)cc23)cc(C(C)(C)C)c1.CC(C)(C)c1cc(-c2cccc3[cH-]c(C4CC4)cc23)cc(C(C)(C)C)c1.[Cl-].[Cl-].[Zr+4]. The summed E-state index contributed by atoms with van der Waals surface area (Å²) in [6, 6.07) is 37.7. The zero-order valence-corrected chi connectivity index (χ0v) is 39.4. The predicted octanol–water partition coefficient (Wildman–Crippen LogP) is 9.40. The van der Waals surface area contributed by atoms with E-state index in [9.17, 15) is 0 Å². The van der Waals surface area contributed by atoms with Crippen molar-refractivity contribution in [1.29, 1.82) is 0 Å². The maximum atomic E-state index is 2.45. The summed E-state index contributed by atoms with van der Waals surface area (Å²) in [5.74, 6) is 1.61. The van der Waals surface area contributed by atoms with Crippen molar-refractivity contribution in [2.45, 2.75) is 142 Å². The maximum Gasteiger partial charge on any atom is 4.00 e. The van der Waals surface area contributed by atoms with E-state index in [1.807, 2.05) is 0 Å². The molecule has 0 spiro atoms. The summed E-state index contributed by atoms with van der Waals surface area (Å²) in [6.07, 6.45) is 5.44. The van der Waals surface area contributed by atoms with Gasteiger partial charge < -0.3 is 24.8 Å². The Bertz CT molecular complexity index is 2020. The fourth-order valence-corrected chi connectivity index (χ4v) is 7.62. The van der Waals surface area contributed by atoms with E-state index in [0.717, 1.165) is 11.8 Å². The Morgan fingerprint density at radius 3 is 0.964 bits per heavy atom. The Morgan fingerprint density at radius 1 is 0.418 bits per heavy atom. The second-order valence-corrected chi connectivity index (χ2v) is 20.3. The van der Waals surface area contributed by atoms with E-state index in [-0.39, 0.29) is 72.7 Å². The van der Waals surface area contributed by atoms with Gasteiger partial charge in [0.25, 0.3) is 0 Å². The number of benzene rings is 4. The van der Waals surface area contributed by atoms with Gasteiger partial charge in [0, 0.05) is 0 Å². The number of fused-ring (bicyclic) bond motifs is 2. The van der Waals surface area contributed by atoms with Crippen LogP contribution in [0.3, 0.4) is 0 Å². The monoisotopic (exact) mass is 846 g/mol. The molecule has 2 aliphatic rings. The van der Waals surface area contributed by atoms with Gasteiger partial charge in [-0.3, -0.25) is 0 Å². The van der Waals surface area contributed by atoms with Gasteiger partial charge in [-0.05, 0) is 92.6 Å². The zero-order chi connectivity index (χ0) is 37.4. The molecule has 0 bridgehead atoms. The van der Waals surface area contributed by atoms with Crippen LogP contribution < -0.4 is 24.8 Å². The van der Waals surface area contributed by atoms with E-state index in [2.05, 4.69) is 180 Å². The minimum absolute atomic E-state index is 0. The van der Waals surface area contributed by atoms with Crippen molar-refractivity contribution >= 4 is 21.5 Å². The quantitative estimate of drug-likeness (QED) is 0.155. The van der Waals surface area contributed by atoms with E-state index < -0.39 is 0 Å². The first-order valence-electron chi connectivity index (χ1n) is 20.0. The first-order chi connectivity index (χ1) is 24.3. The summed E-state index contributed by atoms with van der Waals surface area (Å²) in [7, 11) is 0. The maximum absolute atomic E-state index is 2.45. The molecule has 0 N–H and O–H groups in total. The van der Waals surface area contributed by atoms with Gasteiger partial charge in [0.2, 0.25) is 0 Å². The van der Waals surface area contributed by atoms with Crippen LogP contribution in [0.5, 0.6) is 0 Å². The molecule has 0 nitrogen and oxygen atoms in total. The topological polar surface area (TPSA) is 0 Å². The molecule has 288 valence electrons. The minimum Gasteiger partial charge on any atom is -1.00 e. The molecule has 2 fully saturated rings. The van der Waals surface area contributed by atoms with Crippen molar-refractivity contribution in [3.05, 3.63) is 130 Å². The van der Waals surface area contributed by atoms with E-state index in [1.54, 1.807) is 0 Å². The molecule has 0 saturated heterocycles. The summed E-state index contributed by atoms with van der Waals surface area (Å²) in [5.41, 5.74) is 14.8. The van der Waals surface area contributed by atoms with Crippen LogP contribution in [-0.4, -0.2) is 0 Å². The molecule has 0 radical (unpaired) electrons. The molecule has 0 unspecified atom stereocenters. The summed E-state index contributed by atoms with van der Waals surface area (Å²) >= 11 is 0. The van der Waals surface area contributed by atoms with Crippen molar-refractivity contribution in [1.82, 2.24) is 0 Å². The van der Waals surface area contributed by atoms with Crippen LogP contribution in [0.1, 0.15) is 154 Å². The minimum atomic E-state index is 0. The average molecular weight is 849 g/mol. The van der Waals surface area contributed by atoms with Gasteiger partial charge in [0.05, 0.1) is 0 Å². The smallest absolute Gasteiger partial charge is 1.00 e. The summed E-state index contributed by atoms with van der Waals surface area (Å²) < 4.78 is 0. The van der Waals surface area contributed by atoms with Crippen LogP contribution in [-0.2, 0) is 47.9 Å². The number of halogens is 2. The average Bonchev–Trinajstić information content (AvgIpc) is 4.00. The summed E-state index contributed by atoms with van der Waals surface area (Å²) in [4.78, 5) is 0. The third kappa shape index (κ3) is 10.2. The molecule has 6 aromatic rings. The largest absolute Gasteiger partial charge is 4.00 e. The molecule has 0 aliphatic heterocycles. The predicted molar refractivity (Wildman–Crippen MR) is 229 cm³/mol. The zero-order valence-electron chi connectivity index (χ0n) is 35.5. The van der Waals surface area contributed by atoms with Gasteiger partial charge in [-0.2, -0.15) is 12.1 Å². The molecular weight excluding hydrogens is 787 g/mol. The standard InChI is InChI=1S/2C26H31.2ClH.Zr/c2*1-25(2,3)21-13-20(14-22(16-21)26(4,5)6)23-9-7-8-18-12-19(15-24(18)23)17-10-11-17;;;/h2*7-9,12-17H,10-11H2,1-6H3;2*1H;/q2*-1;;;+4/p-2. The van der Waals surface area contributed by atoms with Gasteiger partial charge in [-0.15, -0.1) is 69.1 Å². The van der Waals surface area contributed by atoms with Crippen LogP contribution in [0, 0.1) is 0 Å². The normalized spacial score (nSPS) is 14.8. The number of rotatable bonds is 4. The third-order valence-corrected chi connectivity index (χ3v) is 11.6. The second kappa shape index (κ2) is 16.4. The van der Waals surface area contributed by atoms with Crippen molar-refractivity contribution < 1.29 is 51.0 Å². The van der Waals surface area contributed by atoms with Crippen molar-refractivity contribution in [3.8, 4) is 22.3 Å². The Hall–Kier alpha value is -2.44. The molecule has 0 atom stereocenters. The molecule has 0 heterocycles. The molecule has 3 heteroatoms. The Kier molecular flexibility index (Phi) is 13.5. The van der Waals surface area contributed by atoms with E-state index in [1.165, 1.54) is 103 Å². The molecule has 6 aromatic carbocycles. The Morgan fingerprint density at radius 2 is 0.709 bits per heavy atom. The molecule has 0 amide bonds. The van der Waals surface area contributed by atoms with Gasteiger partial charge >= 0.3 is 26.2 Å². The van der Waals surface area contributed by atoms with Crippen LogP contribution in [0.4, 0.5) is 0 Å². The number of hydrogen-bond donors (Lipinski definition) is 0. The molecule has 2 saturated carbocycles. The van der Waals surface area contributed by atoms with Gasteiger partial charge in [-0.25, -0.2) is 0 Å². The Balaban J connectivity index is 0.000000232. The second-order valence-electron chi connectivity index (χ2n) is 20.3. The van der Waals surface area contributed by atoms with Crippen LogP contribution >= 0.6 is 0 Å². The number of hydrogen-bond acceptors (Lipinski definition) is 0. The Labute approximate surface area is 365 Å². The summed E-state index contributed by atoms with van der Waals surface area (Å²) in [6.45, 7) is 27.7. The van der Waals surface area contributed by atoms with Crippen molar-refractivity contribution in [3.63, 3.8) is 0 Å². The molecule has 0 aromatic heterocycles. The molecule has 8 rings (SSSR count). The summed E-state index contributed by atoms with van der Waals surface area (Å²) in [5, 5.41) is 5.62. The fourth-order valence-electron chi connectivity index (χ4n) is 7.62. The van der Waals surface area contributed by atoms with E-state index in [0.29, 0.717) is 0 Å². The van der Waals surface area contributed by atoms with Crippen LogP contribution in [0.15, 0.2) is 97.1 Å². The van der Waals surface area contributed by atoms with Crippen LogP contribution in [0.2, 0.25) is 0 Å². The van der Waals surface area contributed by atoms with Gasteiger partial charge in [0.15, 0.2) is 0 Å². The van der Waals surface area contributed by atoms with Crippen molar-refractivity contribution in [2.24, 2.45) is 0 Å². The van der Waals surface area contributed by atoms with Gasteiger partial charge in [0.1, 0.15) is 0 Å². The van der Waals surface area contributed by atoms with E-state index in [4.69, 9.17) is 0 Å². The van der Waals surface area contributed by atoms with Crippen molar-refractivity contribution in [2.75, 3.05) is 0 Å². The fraction of sp³-hybridized carbons (Fsp3) is 0.423.